The molecule has 11 heteroatoms. The van der Waals surface area contributed by atoms with Crippen molar-refractivity contribution in [2.75, 3.05) is 18.2 Å². The van der Waals surface area contributed by atoms with Gasteiger partial charge in [-0.05, 0) is 24.6 Å². The van der Waals surface area contributed by atoms with Crippen molar-refractivity contribution in [3.8, 4) is 17.4 Å². The molecule has 0 saturated carbocycles. The van der Waals surface area contributed by atoms with E-state index < -0.39 is 23.1 Å². The Bertz CT molecular complexity index is 1170. The van der Waals surface area contributed by atoms with E-state index in [1.165, 1.54) is 6.20 Å². The van der Waals surface area contributed by atoms with E-state index in [0.717, 1.165) is 12.1 Å². The van der Waals surface area contributed by atoms with Gasteiger partial charge in [-0.2, -0.15) is 10.1 Å². The van der Waals surface area contributed by atoms with Gasteiger partial charge in [0, 0.05) is 12.6 Å². The second-order valence-corrected chi connectivity index (χ2v) is 7.28. The summed E-state index contributed by atoms with van der Waals surface area (Å²) in [6.07, 6.45) is 2.93. The standard InChI is InChI=1S/C20H19F2N5O4/c1-2-25-8-14(6-23-25)31-19-15(21)3-12(4-16(19)22)9-30-17-5-18-26(20(28)24-17)7-13-10-29-11-27(13)18/h3-6,8,13H,2,7,9-11H2,1H3/t13-/m0/s1. The number of aryl methyl sites for hydroxylation is 1. The van der Waals surface area contributed by atoms with Gasteiger partial charge in [0.05, 0.1) is 31.6 Å². The predicted octanol–water partition coefficient (Wildman–Crippen LogP) is 2.29. The average Bonchev–Trinajstić information content (AvgIpc) is 3.46. The van der Waals surface area contributed by atoms with E-state index in [9.17, 15) is 13.6 Å². The van der Waals surface area contributed by atoms with Crippen molar-refractivity contribution in [2.45, 2.75) is 32.7 Å². The molecule has 0 bridgehead atoms. The molecule has 1 atom stereocenters. The highest BCUT2D eigenvalue weighted by Crippen LogP contribution is 2.31. The summed E-state index contributed by atoms with van der Waals surface area (Å²) < 4.78 is 48.3. The lowest BCUT2D eigenvalue weighted by atomic mass is 10.2. The Morgan fingerprint density at radius 1 is 1.26 bits per heavy atom. The Morgan fingerprint density at radius 2 is 2.06 bits per heavy atom. The van der Waals surface area contributed by atoms with Crippen LogP contribution in [0.5, 0.6) is 17.4 Å². The Hall–Kier alpha value is -3.47. The molecule has 0 radical (unpaired) electrons. The molecule has 3 aromatic rings. The summed E-state index contributed by atoms with van der Waals surface area (Å²) in [5.74, 6) is -1.30. The van der Waals surface area contributed by atoms with Crippen LogP contribution < -0.4 is 20.1 Å². The molecule has 0 amide bonds. The van der Waals surface area contributed by atoms with Gasteiger partial charge in [0.1, 0.15) is 19.2 Å². The van der Waals surface area contributed by atoms with Crippen LogP contribution in [0.2, 0.25) is 0 Å². The molecule has 0 N–H and O–H groups in total. The van der Waals surface area contributed by atoms with E-state index in [1.54, 1.807) is 21.5 Å². The van der Waals surface area contributed by atoms with Crippen LogP contribution in [0.15, 0.2) is 35.4 Å². The van der Waals surface area contributed by atoms with Crippen LogP contribution >= 0.6 is 0 Å². The van der Waals surface area contributed by atoms with Gasteiger partial charge in [-0.3, -0.25) is 9.25 Å². The van der Waals surface area contributed by atoms with Gasteiger partial charge in [0.25, 0.3) is 0 Å². The molecule has 0 spiro atoms. The Morgan fingerprint density at radius 3 is 2.81 bits per heavy atom. The van der Waals surface area contributed by atoms with Gasteiger partial charge < -0.3 is 19.1 Å². The first-order valence-electron chi connectivity index (χ1n) is 9.79. The summed E-state index contributed by atoms with van der Waals surface area (Å²) in [7, 11) is 0. The van der Waals surface area contributed by atoms with E-state index in [0.29, 0.717) is 32.2 Å². The number of halogens is 2. The van der Waals surface area contributed by atoms with Crippen LogP contribution in [0.25, 0.3) is 0 Å². The number of hydrogen-bond acceptors (Lipinski definition) is 7. The number of rotatable bonds is 6. The molecule has 9 nitrogen and oxygen atoms in total. The largest absolute Gasteiger partial charge is 0.473 e. The van der Waals surface area contributed by atoms with Crippen molar-refractivity contribution in [1.82, 2.24) is 19.3 Å². The highest BCUT2D eigenvalue weighted by atomic mass is 19.1. The number of aromatic nitrogens is 4. The van der Waals surface area contributed by atoms with E-state index in [4.69, 9.17) is 14.2 Å². The molecule has 1 fully saturated rings. The van der Waals surface area contributed by atoms with Crippen LogP contribution in [0.4, 0.5) is 14.6 Å². The number of fused-ring (bicyclic) bond motifs is 3. The van der Waals surface area contributed by atoms with Crippen molar-refractivity contribution in [3.63, 3.8) is 0 Å². The highest BCUT2D eigenvalue weighted by molar-refractivity contribution is 5.47. The summed E-state index contributed by atoms with van der Waals surface area (Å²) in [6.45, 7) is 3.77. The summed E-state index contributed by atoms with van der Waals surface area (Å²) >= 11 is 0. The monoisotopic (exact) mass is 431 g/mol. The first-order chi connectivity index (χ1) is 15.0. The van der Waals surface area contributed by atoms with E-state index in [2.05, 4.69) is 10.1 Å². The molecule has 2 aliphatic heterocycles. The minimum absolute atomic E-state index is 0.0805. The maximum Gasteiger partial charge on any atom is 0.352 e. The Balaban J connectivity index is 1.32. The van der Waals surface area contributed by atoms with Crippen molar-refractivity contribution in [3.05, 3.63) is 58.3 Å². The molecular weight excluding hydrogens is 412 g/mol. The molecule has 1 saturated heterocycles. The molecule has 4 heterocycles. The first-order valence-corrected chi connectivity index (χ1v) is 9.79. The fraction of sp³-hybridized carbons (Fsp3) is 0.350. The smallest absolute Gasteiger partial charge is 0.352 e. The Labute approximate surface area is 175 Å². The minimum Gasteiger partial charge on any atom is -0.473 e. The fourth-order valence-electron chi connectivity index (χ4n) is 3.69. The lowest BCUT2D eigenvalue weighted by Crippen LogP contribution is -2.26. The zero-order valence-corrected chi connectivity index (χ0v) is 16.6. The average molecular weight is 431 g/mol. The lowest BCUT2D eigenvalue weighted by molar-refractivity contribution is 0.189. The van der Waals surface area contributed by atoms with Crippen LogP contribution in [-0.4, -0.2) is 38.7 Å². The zero-order chi connectivity index (χ0) is 21.5. The number of anilines is 1. The summed E-state index contributed by atoms with van der Waals surface area (Å²) in [5, 5.41) is 4.00. The molecule has 2 aliphatic rings. The third-order valence-corrected chi connectivity index (χ3v) is 5.23. The summed E-state index contributed by atoms with van der Waals surface area (Å²) in [4.78, 5) is 18.2. The second-order valence-electron chi connectivity index (χ2n) is 7.28. The number of benzene rings is 1. The zero-order valence-electron chi connectivity index (χ0n) is 16.6. The summed E-state index contributed by atoms with van der Waals surface area (Å²) in [6, 6.07) is 3.97. The summed E-state index contributed by atoms with van der Waals surface area (Å²) in [5.41, 5.74) is -0.202. The predicted molar refractivity (Wildman–Crippen MR) is 104 cm³/mol. The highest BCUT2D eigenvalue weighted by Gasteiger charge is 2.35. The van der Waals surface area contributed by atoms with Crippen molar-refractivity contribution in [1.29, 1.82) is 0 Å². The van der Waals surface area contributed by atoms with Gasteiger partial charge in [0.2, 0.25) is 5.88 Å². The number of nitrogens with zero attached hydrogens (tertiary/aromatic N) is 5. The van der Waals surface area contributed by atoms with Crippen LogP contribution in [0.3, 0.4) is 0 Å². The van der Waals surface area contributed by atoms with Crippen LogP contribution in [0, 0.1) is 11.6 Å². The molecule has 5 rings (SSSR count). The SMILES string of the molecule is CCn1cc(Oc2c(F)cc(COc3cc4n(c(=O)n3)C[C@H]3COCN43)cc2F)cn1. The number of ether oxygens (including phenoxy) is 3. The molecule has 2 aromatic heterocycles. The topological polar surface area (TPSA) is 83.6 Å². The van der Waals surface area contributed by atoms with Crippen LogP contribution in [-0.2, 0) is 24.4 Å². The molecule has 1 aromatic carbocycles. The van der Waals surface area contributed by atoms with Crippen LogP contribution in [0.1, 0.15) is 12.5 Å². The van der Waals surface area contributed by atoms with Crippen molar-refractivity contribution < 1.29 is 23.0 Å². The van der Waals surface area contributed by atoms with Crippen molar-refractivity contribution >= 4 is 5.82 Å². The van der Waals surface area contributed by atoms with E-state index in [1.807, 2.05) is 11.8 Å². The molecule has 0 aliphatic carbocycles. The second kappa shape index (κ2) is 7.65. The third kappa shape index (κ3) is 3.61. The number of hydrogen-bond donors (Lipinski definition) is 0. The normalized spacial score (nSPS) is 17.0. The van der Waals surface area contributed by atoms with Gasteiger partial charge in [-0.1, -0.05) is 0 Å². The minimum atomic E-state index is -0.873. The molecule has 162 valence electrons. The van der Waals surface area contributed by atoms with Gasteiger partial charge in [0.15, 0.2) is 23.1 Å². The Kier molecular flexibility index (Phi) is 4.81. The lowest BCUT2D eigenvalue weighted by Gasteiger charge is -2.15. The van der Waals surface area contributed by atoms with Gasteiger partial charge >= 0.3 is 5.69 Å². The maximum atomic E-state index is 14.5. The van der Waals surface area contributed by atoms with E-state index in [-0.39, 0.29) is 29.8 Å². The van der Waals surface area contributed by atoms with E-state index >= 15 is 0 Å². The molecule has 0 unspecified atom stereocenters. The van der Waals surface area contributed by atoms with Gasteiger partial charge in [-0.25, -0.2) is 13.6 Å². The van der Waals surface area contributed by atoms with Crippen molar-refractivity contribution in [2.24, 2.45) is 0 Å². The first kappa shape index (κ1) is 19.5. The quantitative estimate of drug-likeness (QED) is 0.592. The molecule has 31 heavy (non-hydrogen) atoms. The fourth-order valence-corrected chi connectivity index (χ4v) is 3.69. The van der Waals surface area contributed by atoms with Gasteiger partial charge in [-0.15, -0.1) is 0 Å². The third-order valence-electron chi connectivity index (χ3n) is 5.23. The maximum absolute atomic E-state index is 14.5. The molecular formula is C20H19F2N5O4.